The standard InChI is InChI=1S/C7H9F3N4O2/c8-7(9,10)4-3-5(16-2-1-15)13-6(12-4)14-11/h3,15H,1-2,11H2,(H,12,13,14). The number of rotatable bonds is 4. The lowest BCUT2D eigenvalue weighted by molar-refractivity contribution is -0.141. The summed E-state index contributed by atoms with van der Waals surface area (Å²) >= 11 is 0. The van der Waals surface area contributed by atoms with Gasteiger partial charge in [0.2, 0.25) is 11.8 Å². The minimum Gasteiger partial charge on any atom is -0.475 e. The summed E-state index contributed by atoms with van der Waals surface area (Å²) in [5.74, 6) is 4.18. The first-order valence-electron chi connectivity index (χ1n) is 4.14. The Bertz CT molecular complexity index is 358. The first kappa shape index (κ1) is 12.5. The fourth-order valence-electron chi connectivity index (χ4n) is 0.859. The van der Waals surface area contributed by atoms with Gasteiger partial charge in [-0.05, 0) is 0 Å². The third-order valence-electron chi connectivity index (χ3n) is 1.46. The number of aromatic nitrogens is 2. The molecule has 1 aromatic rings. The largest absolute Gasteiger partial charge is 0.475 e. The highest BCUT2D eigenvalue weighted by Gasteiger charge is 2.34. The van der Waals surface area contributed by atoms with Gasteiger partial charge in [0, 0.05) is 6.07 Å². The number of ether oxygens (including phenoxy) is 1. The summed E-state index contributed by atoms with van der Waals surface area (Å²) in [6.07, 6.45) is -4.62. The van der Waals surface area contributed by atoms with E-state index >= 15 is 0 Å². The van der Waals surface area contributed by atoms with E-state index in [0.29, 0.717) is 6.07 Å². The van der Waals surface area contributed by atoms with Gasteiger partial charge in [0.25, 0.3) is 0 Å². The topological polar surface area (TPSA) is 93.3 Å². The number of hydrogen-bond acceptors (Lipinski definition) is 6. The molecule has 0 radical (unpaired) electrons. The van der Waals surface area contributed by atoms with Gasteiger partial charge >= 0.3 is 6.18 Å². The lowest BCUT2D eigenvalue weighted by atomic mass is 10.4. The molecule has 1 heterocycles. The first-order chi connectivity index (χ1) is 7.47. The summed E-state index contributed by atoms with van der Waals surface area (Å²) < 4.78 is 41.8. The molecule has 90 valence electrons. The number of anilines is 1. The van der Waals surface area contributed by atoms with Gasteiger partial charge in [-0.3, -0.25) is 5.43 Å². The second-order valence-electron chi connectivity index (χ2n) is 2.63. The molecule has 9 heteroatoms. The Morgan fingerprint density at radius 3 is 2.62 bits per heavy atom. The molecular formula is C7H9F3N4O2. The maximum absolute atomic E-state index is 12.3. The van der Waals surface area contributed by atoms with Crippen molar-refractivity contribution in [3.8, 4) is 5.88 Å². The highest BCUT2D eigenvalue weighted by atomic mass is 19.4. The fourth-order valence-corrected chi connectivity index (χ4v) is 0.859. The number of aliphatic hydroxyl groups is 1. The van der Waals surface area contributed by atoms with Crippen LogP contribution in [0.3, 0.4) is 0 Å². The van der Waals surface area contributed by atoms with Crippen LogP contribution in [0, 0.1) is 0 Å². The van der Waals surface area contributed by atoms with E-state index in [1.807, 2.05) is 5.43 Å². The van der Waals surface area contributed by atoms with E-state index in [2.05, 4.69) is 9.97 Å². The third-order valence-corrected chi connectivity index (χ3v) is 1.46. The molecular weight excluding hydrogens is 229 g/mol. The molecule has 0 saturated carbocycles. The molecule has 6 nitrogen and oxygen atoms in total. The number of nitrogens with one attached hydrogen (secondary N) is 1. The van der Waals surface area contributed by atoms with Gasteiger partial charge in [-0.2, -0.15) is 18.2 Å². The van der Waals surface area contributed by atoms with Crippen LogP contribution in [0.25, 0.3) is 0 Å². The summed E-state index contributed by atoms with van der Waals surface area (Å²) in [5, 5.41) is 8.45. The Labute approximate surface area is 88.2 Å². The van der Waals surface area contributed by atoms with Crippen molar-refractivity contribution in [2.24, 2.45) is 5.84 Å². The second kappa shape index (κ2) is 4.94. The molecule has 0 aliphatic carbocycles. The Balaban J connectivity index is 3.01. The predicted molar refractivity (Wildman–Crippen MR) is 47.4 cm³/mol. The molecule has 0 unspecified atom stereocenters. The van der Waals surface area contributed by atoms with Gasteiger partial charge < -0.3 is 9.84 Å². The maximum atomic E-state index is 12.3. The summed E-state index contributed by atoms with van der Waals surface area (Å²) in [6.45, 7) is -0.505. The molecule has 0 spiro atoms. The number of aliphatic hydroxyl groups excluding tert-OH is 1. The number of nitrogens with zero attached hydrogens (tertiary/aromatic N) is 2. The van der Waals surface area contributed by atoms with Crippen molar-refractivity contribution >= 4 is 5.95 Å². The Hall–Kier alpha value is -1.61. The van der Waals surface area contributed by atoms with Gasteiger partial charge in [-0.25, -0.2) is 10.8 Å². The van der Waals surface area contributed by atoms with E-state index in [0.717, 1.165) is 0 Å². The van der Waals surface area contributed by atoms with Gasteiger partial charge in [0.1, 0.15) is 6.61 Å². The van der Waals surface area contributed by atoms with Crippen LogP contribution in [-0.4, -0.2) is 28.3 Å². The molecule has 0 aliphatic rings. The van der Waals surface area contributed by atoms with Crippen molar-refractivity contribution in [1.82, 2.24) is 9.97 Å². The van der Waals surface area contributed by atoms with Crippen molar-refractivity contribution in [1.29, 1.82) is 0 Å². The second-order valence-corrected chi connectivity index (χ2v) is 2.63. The van der Waals surface area contributed by atoms with Crippen molar-refractivity contribution in [3.63, 3.8) is 0 Å². The maximum Gasteiger partial charge on any atom is 0.433 e. The molecule has 1 aromatic heterocycles. The zero-order valence-electron chi connectivity index (χ0n) is 7.95. The molecule has 0 bridgehead atoms. The molecule has 0 fully saturated rings. The van der Waals surface area contributed by atoms with Crippen molar-refractivity contribution in [2.75, 3.05) is 18.6 Å². The highest BCUT2D eigenvalue weighted by molar-refractivity contribution is 5.30. The Kier molecular flexibility index (Phi) is 3.85. The van der Waals surface area contributed by atoms with Crippen molar-refractivity contribution in [2.45, 2.75) is 6.18 Å². The van der Waals surface area contributed by atoms with E-state index in [1.165, 1.54) is 0 Å². The molecule has 0 saturated heterocycles. The molecule has 0 amide bonds. The van der Waals surface area contributed by atoms with Crippen molar-refractivity contribution < 1.29 is 23.0 Å². The zero-order valence-corrected chi connectivity index (χ0v) is 7.95. The lowest BCUT2D eigenvalue weighted by Crippen LogP contribution is -2.16. The van der Waals surface area contributed by atoms with Crippen LogP contribution in [0.5, 0.6) is 5.88 Å². The molecule has 4 N–H and O–H groups in total. The molecule has 1 rings (SSSR count). The molecule has 0 atom stereocenters. The van der Waals surface area contributed by atoms with Crippen LogP contribution in [0.4, 0.5) is 19.1 Å². The Morgan fingerprint density at radius 2 is 2.12 bits per heavy atom. The minimum absolute atomic E-state index is 0.168. The number of nitrogens with two attached hydrogens (primary N) is 1. The van der Waals surface area contributed by atoms with Crippen LogP contribution < -0.4 is 16.0 Å². The highest BCUT2D eigenvalue weighted by Crippen LogP contribution is 2.29. The number of hydrogen-bond donors (Lipinski definition) is 3. The monoisotopic (exact) mass is 238 g/mol. The van der Waals surface area contributed by atoms with Crippen LogP contribution in [-0.2, 0) is 6.18 Å². The van der Waals surface area contributed by atoms with E-state index in [9.17, 15) is 13.2 Å². The van der Waals surface area contributed by atoms with E-state index in [1.54, 1.807) is 0 Å². The number of halogens is 3. The predicted octanol–water partition coefficient (Wildman–Crippen LogP) is 0.152. The third kappa shape index (κ3) is 3.21. The van der Waals surface area contributed by atoms with Crippen molar-refractivity contribution in [3.05, 3.63) is 11.8 Å². The average molecular weight is 238 g/mol. The zero-order chi connectivity index (χ0) is 12.2. The molecule has 0 aliphatic heterocycles. The molecule has 16 heavy (non-hydrogen) atoms. The number of nitrogen functional groups attached to an aromatic ring is 1. The smallest absolute Gasteiger partial charge is 0.433 e. The quantitative estimate of drug-likeness (QED) is 0.510. The van der Waals surface area contributed by atoms with Crippen LogP contribution in [0.15, 0.2) is 6.07 Å². The Morgan fingerprint density at radius 1 is 1.44 bits per heavy atom. The van der Waals surface area contributed by atoms with Gasteiger partial charge in [0.15, 0.2) is 5.69 Å². The fraction of sp³-hybridized carbons (Fsp3) is 0.429. The minimum atomic E-state index is -4.62. The average Bonchev–Trinajstić information content (AvgIpc) is 2.24. The van der Waals surface area contributed by atoms with Gasteiger partial charge in [-0.15, -0.1) is 0 Å². The van der Waals surface area contributed by atoms with Gasteiger partial charge in [0.05, 0.1) is 6.61 Å². The number of alkyl halides is 3. The summed E-state index contributed by atoms with van der Waals surface area (Å²) in [5.41, 5.74) is 0.714. The summed E-state index contributed by atoms with van der Waals surface area (Å²) in [7, 11) is 0. The normalized spacial score (nSPS) is 11.3. The number of hydrazine groups is 1. The van der Waals surface area contributed by atoms with Crippen LogP contribution in [0.1, 0.15) is 5.69 Å². The van der Waals surface area contributed by atoms with Crippen LogP contribution in [0.2, 0.25) is 0 Å². The van der Waals surface area contributed by atoms with E-state index in [4.69, 9.17) is 15.7 Å². The van der Waals surface area contributed by atoms with E-state index < -0.39 is 17.8 Å². The van der Waals surface area contributed by atoms with Gasteiger partial charge in [-0.1, -0.05) is 0 Å². The summed E-state index contributed by atoms with van der Waals surface area (Å²) in [6, 6.07) is 0.622. The SMILES string of the molecule is NNc1nc(OCCO)cc(C(F)(F)F)n1. The van der Waals surface area contributed by atoms with E-state index in [-0.39, 0.29) is 19.1 Å². The van der Waals surface area contributed by atoms with Crippen LogP contribution >= 0.6 is 0 Å². The molecule has 0 aromatic carbocycles. The summed E-state index contributed by atoms with van der Waals surface area (Å²) in [4.78, 5) is 6.64. The lowest BCUT2D eigenvalue weighted by Gasteiger charge is -2.10. The first-order valence-corrected chi connectivity index (χ1v) is 4.14.